The van der Waals surface area contributed by atoms with Crippen molar-refractivity contribution in [2.24, 2.45) is 5.73 Å². The predicted octanol–water partition coefficient (Wildman–Crippen LogP) is 2.98. The van der Waals surface area contributed by atoms with Crippen LogP contribution in [0.4, 0.5) is 0 Å². The third kappa shape index (κ3) is 19.4. The van der Waals surface area contributed by atoms with E-state index in [0.717, 1.165) is 26.1 Å². The number of nitrogens with one attached hydrogen (secondary N) is 2. The van der Waals surface area contributed by atoms with Gasteiger partial charge in [0, 0.05) is 32.7 Å². The van der Waals surface area contributed by atoms with Gasteiger partial charge < -0.3 is 21.1 Å². The summed E-state index contributed by atoms with van der Waals surface area (Å²) in [5.74, 6) is -0.0895. The number of carbonyl (C=O) groups is 1. The number of unbranched alkanes of at least 4 members (excludes halogenated alkanes) is 9. The van der Waals surface area contributed by atoms with Gasteiger partial charge in [-0.2, -0.15) is 0 Å². The Kier molecular flexibility index (Phi) is 19.8. The fourth-order valence-corrected chi connectivity index (χ4v) is 2.57. The van der Waals surface area contributed by atoms with Crippen molar-refractivity contribution in [1.82, 2.24) is 10.6 Å². The minimum absolute atomic E-state index is 0.0895. The van der Waals surface area contributed by atoms with E-state index in [0.29, 0.717) is 26.1 Å². The molecule has 0 aromatic rings. The van der Waals surface area contributed by atoms with E-state index in [9.17, 15) is 4.79 Å². The molecule has 24 heavy (non-hydrogen) atoms. The molecular formula is C19H41N3O2. The van der Waals surface area contributed by atoms with Crippen LogP contribution in [-0.4, -0.2) is 45.3 Å². The normalized spacial score (nSPS) is 10.9. The number of carbonyl (C=O) groups excluding carboxylic acids is 1. The monoisotopic (exact) mass is 343 g/mol. The summed E-state index contributed by atoms with van der Waals surface area (Å²) in [6.45, 7) is 6.74. The van der Waals surface area contributed by atoms with E-state index >= 15 is 0 Å². The first kappa shape index (κ1) is 23.4. The highest BCUT2D eigenvalue weighted by molar-refractivity contribution is 5.69. The predicted molar refractivity (Wildman–Crippen MR) is 102 cm³/mol. The molecule has 0 atom stereocenters. The lowest BCUT2D eigenvalue weighted by Gasteiger charge is -2.07. The molecule has 0 rings (SSSR count). The summed E-state index contributed by atoms with van der Waals surface area (Å²) in [4.78, 5) is 11.5. The molecule has 0 saturated carbocycles. The first-order valence-corrected chi connectivity index (χ1v) is 10.1. The highest BCUT2D eigenvalue weighted by atomic mass is 16.5. The zero-order valence-corrected chi connectivity index (χ0v) is 15.9. The van der Waals surface area contributed by atoms with Crippen molar-refractivity contribution in [3.63, 3.8) is 0 Å². The molecule has 0 unspecified atom stereocenters. The summed E-state index contributed by atoms with van der Waals surface area (Å²) >= 11 is 0. The molecule has 5 nitrogen and oxygen atoms in total. The van der Waals surface area contributed by atoms with Crippen molar-refractivity contribution in [3.8, 4) is 0 Å². The van der Waals surface area contributed by atoms with Gasteiger partial charge in [-0.1, -0.05) is 64.7 Å². The van der Waals surface area contributed by atoms with Crippen molar-refractivity contribution in [3.05, 3.63) is 0 Å². The maximum Gasteiger partial charge on any atom is 0.307 e. The van der Waals surface area contributed by atoms with E-state index in [1.807, 2.05) is 0 Å². The van der Waals surface area contributed by atoms with E-state index in [2.05, 4.69) is 17.6 Å². The fourth-order valence-electron chi connectivity index (χ4n) is 2.57. The van der Waals surface area contributed by atoms with Crippen LogP contribution < -0.4 is 16.4 Å². The zero-order valence-electron chi connectivity index (χ0n) is 15.9. The van der Waals surface area contributed by atoms with Crippen molar-refractivity contribution in [2.45, 2.75) is 77.6 Å². The summed E-state index contributed by atoms with van der Waals surface area (Å²) in [6.07, 6.45) is 13.4. The average Bonchev–Trinajstić information content (AvgIpc) is 2.59. The third-order valence-corrected chi connectivity index (χ3v) is 4.07. The number of rotatable bonds is 19. The van der Waals surface area contributed by atoms with Gasteiger partial charge in [0.1, 0.15) is 0 Å². The minimum atomic E-state index is -0.0895. The van der Waals surface area contributed by atoms with Gasteiger partial charge in [-0.3, -0.25) is 4.79 Å². The van der Waals surface area contributed by atoms with E-state index < -0.39 is 0 Å². The topological polar surface area (TPSA) is 76.4 Å². The molecule has 4 N–H and O–H groups in total. The van der Waals surface area contributed by atoms with Gasteiger partial charge in [0.25, 0.3) is 0 Å². The second kappa shape index (κ2) is 20.4. The maximum atomic E-state index is 11.5. The summed E-state index contributed by atoms with van der Waals surface area (Å²) in [5, 5.41) is 6.41. The zero-order chi connectivity index (χ0) is 17.7. The lowest BCUT2D eigenvalue weighted by Crippen LogP contribution is -2.31. The molecule has 0 bridgehead atoms. The fraction of sp³-hybridized carbons (Fsp3) is 0.947. The van der Waals surface area contributed by atoms with Crippen LogP contribution in [0, 0.1) is 0 Å². The van der Waals surface area contributed by atoms with Crippen LogP contribution in [0.3, 0.4) is 0 Å². The Hall–Kier alpha value is -0.650. The molecule has 0 fully saturated rings. The Bertz CT molecular complexity index is 263. The van der Waals surface area contributed by atoms with Gasteiger partial charge in [0.05, 0.1) is 13.0 Å². The molecule has 0 aliphatic heterocycles. The van der Waals surface area contributed by atoms with Gasteiger partial charge in [0.2, 0.25) is 0 Å². The summed E-state index contributed by atoms with van der Waals surface area (Å²) in [5.41, 5.74) is 5.38. The number of hydrogen-bond donors (Lipinski definition) is 3. The molecule has 0 aromatic heterocycles. The molecule has 0 aromatic carbocycles. The molecule has 5 heteroatoms. The average molecular weight is 344 g/mol. The Morgan fingerprint density at radius 2 is 1.33 bits per heavy atom. The number of hydrogen-bond acceptors (Lipinski definition) is 5. The molecule has 0 heterocycles. The van der Waals surface area contributed by atoms with Gasteiger partial charge in [-0.05, 0) is 6.42 Å². The lowest BCUT2D eigenvalue weighted by molar-refractivity contribution is -0.143. The second-order valence-electron chi connectivity index (χ2n) is 6.44. The molecule has 0 aliphatic rings. The summed E-state index contributed by atoms with van der Waals surface area (Å²) < 4.78 is 5.25. The van der Waals surface area contributed by atoms with Crippen LogP contribution in [-0.2, 0) is 9.53 Å². The van der Waals surface area contributed by atoms with Crippen molar-refractivity contribution >= 4 is 5.97 Å². The van der Waals surface area contributed by atoms with Crippen molar-refractivity contribution in [2.75, 3.05) is 39.3 Å². The van der Waals surface area contributed by atoms with Crippen LogP contribution >= 0.6 is 0 Å². The Balaban J connectivity index is 3.12. The highest BCUT2D eigenvalue weighted by Gasteiger charge is 2.01. The largest absolute Gasteiger partial charge is 0.466 e. The smallest absolute Gasteiger partial charge is 0.307 e. The van der Waals surface area contributed by atoms with Gasteiger partial charge in [-0.15, -0.1) is 0 Å². The molecular weight excluding hydrogens is 302 g/mol. The van der Waals surface area contributed by atoms with Crippen molar-refractivity contribution in [1.29, 1.82) is 0 Å². The molecule has 0 amide bonds. The summed E-state index contributed by atoms with van der Waals surface area (Å²) in [6, 6.07) is 0. The first-order valence-electron chi connectivity index (χ1n) is 10.1. The van der Waals surface area contributed by atoms with E-state index in [1.54, 1.807) is 0 Å². The molecule has 0 radical (unpaired) electrons. The van der Waals surface area contributed by atoms with Crippen LogP contribution in [0.2, 0.25) is 0 Å². The molecule has 0 saturated heterocycles. The number of esters is 1. The van der Waals surface area contributed by atoms with Crippen molar-refractivity contribution < 1.29 is 9.53 Å². The Morgan fingerprint density at radius 1 is 0.792 bits per heavy atom. The molecule has 144 valence electrons. The second-order valence-corrected chi connectivity index (χ2v) is 6.44. The highest BCUT2D eigenvalue weighted by Crippen LogP contribution is 2.10. The molecule has 0 aliphatic carbocycles. The van der Waals surface area contributed by atoms with Crippen LogP contribution in [0.15, 0.2) is 0 Å². The van der Waals surface area contributed by atoms with Gasteiger partial charge in [-0.25, -0.2) is 0 Å². The standard InChI is InChI=1S/C19H41N3O2/c1-2-3-4-5-6-7-8-9-10-11-18-24-19(23)12-14-21-16-17-22-15-13-20/h21-22H,2-18,20H2,1H3. The number of nitrogens with two attached hydrogens (primary N) is 1. The van der Waals surface area contributed by atoms with Crippen LogP contribution in [0.1, 0.15) is 77.6 Å². The van der Waals surface area contributed by atoms with Crippen LogP contribution in [0.5, 0.6) is 0 Å². The lowest BCUT2D eigenvalue weighted by atomic mass is 10.1. The molecule has 0 spiro atoms. The minimum Gasteiger partial charge on any atom is -0.466 e. The quantitative estimate of drug-likeness (QED) is 0.248. The first-order chi connectivity index (χ1) is 11.8. The Labute approximate surface area is 149 Å². The third-order valence-electron chi connectivity index (χ3n) is 4.07. The Morgan fingerprint density at radius 3 is 1.92 bits per heavy atom. The number of ether oxygens (including phenoxy) is 1. The van der Waals surface area contributed by atoms with Gasteiger partial charge in [0.15, 0.2) is 0 Å². The van der Waals surface area contributed by atoms with Crippen LogP contribution in [0.25, 0.3) is 0 Å². The van der Waals surface area contributed by atoms with E-state index in [1.165, 1.54) is 57.8 Å². The maximum absolute atomic E-state index is 11.5. The van der Waals surface area contributed by atoms with Gasteiger partial charge >= 0.3 is 5.97 Å². The van der Waals surface area contributed by atoms with E-state index in [-0.39, 0.29) is 5.97 Å². The summed E-state index contributed by atoms with van der Waals surface area (Å²) in [7, 11) is 0. The van der Waals surface area contributed by atoms with E-state index in [4.69, 9.17) is 10.5 Å². The SMILES string of the molecule is CCCCCCCCCCCCOC(=O)CCNCCNCCN.